The lowest BCUT2D eigenvalue weighted by molar-refractivity contribution is -0.122. The van der Waals surface area contributed by atoms with Gasteiger partial charge in [-0.3, -0.25) is 19.1 Å². The third kappa shape index (κ3) is 2.84. The van der Waals surface area contributed by atoms with Gasteiger partial charge in [0.25, 0.3) is 5.56 Å². The van der Waals surface area contributed by atoms with Gasteiger partial charge in [-0.25, -0.2) is 4.79 Å². The quantitative estimate of drug-likeness (QED) is 0.576. The zero-order chi connectivity index (χ0) is 14.7. The fraction of sp³-hybridized carbons (Fsp3) is 0.583. The molecule has 1 unspecified atom stereocenters. The third-order valence-corrected chi connectivity index (χ3v) is 3.30. The highest BCUT2D eigenvalue weighted by atomic mass is 16.2. The minimum atomic E-state index is -0.531. The predicted molar refractivity (Wildman–Crippen MR) is 75.7 cm³/mol. The number of rotatable bonds is 4. The van der Waals surface area contributed by atoms with E-state index in [1.165, 1.54) is 4.57 Å². The maximum atomic E-state index is 11.9. The highest BCUT2D eigenvalue weighted by molar-refractivity contribution is 5.77. The second-order valence-electron chi connectivity index (χ2n) is 4.86. The van der Waals surface area contributed by atoms with E-state index in [9.17, 15) is 14.4 Å². The normalized spacial score (nSPS) is 18.6. The van der Waals surface area contributed by atoms with E-state index >= 15 is 0 Å². The number of hydrogen-bond donors (Lipinski definition) is 4. The summed E-state index contributed by atoms with van der Waals surface area (Å²) in [6, 6.07) is -0.0660. The lowest BCUT2D eigenvalue weighted by Crippen LogP contribution is -2.44. The molecule has 5 N–H and O–H groups in total. The number of carbonyl (C=O) groups is 1. The van der Waals surface area contributed by atoms with Gasteiger partial charge in [0, 0.05) is 25.6 Å². The van der Waals surface area contributed by atoms with Crippen molar-refractivity contribution in [1.29, 1.82) is 0 Å². The van der Waals surface area contributed by atoms with Crippen LogP contribution in [0.4, 0.5) is 11.5 Å². The number of carbonyl (C=O) groups excluding carboxylic acids is 1. The fourth-order valence-corrected chi connectivity index (χ4v) is 2.23. The van der Waals surface area contributed by atoms with Crippen molar-refractivity contribution in [2.45, 2.75) is 38.8 Å². The van der Waals surface area contributed by atoms with Crippen molar-refractivity contribution < 1.29 is 4.79 Å². The molecule has 1 aromatic heterocycles. The van der Waals surface area contributed by atoms with Crippen LogP contribution >= 0.6 is 0 Å². The SMILES string of the molecule is CCCn1c(N)c(NC2CCC(=O)NC2)c(=O)[nH]c1=O. The topological polar surface area (TPSA) is 122 Å². The molecule has 0 aromatic carbocycles. The summed E-state index contributed by atoms with van der Waals surface area (Å²) in [4.78, 5) is 36.9. The van der Waals surface area contributed by atoms with Crippen molar-refractivity contribution in [3.63, 3.8) is 0 Å². The minimum Gasteiger partial charge on any atom is -0.383 e. The number of nitrogens with one attached hydrogen (secondary N) is 3. The molecule has 0 saturated carbocycles. The first-order valence-electron chi connectivity index (χ1n) is 6.68. The summed E-state index contributed by atoms with van der Waals surface area (Å²) in [7, 11) is 0. The lowest BCUT2D eigenvalue weighted by Gasteiger charge is -2.25. The summed E-state index contributed by atoms with van der Waals surface area (Å²) in [5.41, 5.74) is 5.07. The molecule has 8 nitrogen and oxygen atoms in total. The Morgan fingerprint density at radius 2 is 2.15 bits per heavy atom. The summed E-state index contributed by atoms with van der Waals surface area (Å²) in [5, 5.41) is 5.74. The number of hydrogen-bond acceptors (Lipinski definition) is 5. The van der Waals surface area contributed by atoms with Gasteiger partial charge in [0.05, 0.1) is 0 Å². The Hall–Kier alpha value is -2.25. The van der Waals surface area contributed by atoms with E-state index in [4.69, 9.17) is 5.73 Å². The number of amides is 1. The van der Waals surface area contributed by atoms with Crippen LogP contribution in [0.1, 0.15) is 26.2 Å². The highest BCUT2D eigenvalue weighted by Gasteiger charge is 2.20. The number of piperidine rings is 1. The van der Waals surface area contributed by atoms with Gasteiger partial charge < -0.3 is 16.4 Å². The molecule has 1 aliphatic heterocycles. The zero-order valence-corrected chi connectivity index (χ0v) is 11.4. The summed E-state index contributed by atoms with van der Waals surface area (Å²) in [6.45, 7) is 2.79. The average molecular weight is 281 g/mol. The highest BCUT2D eigenvalue weighted by Crippen LogP contribution is 2.15. The number of nitrogens with two attached hydrogens (primary N) is 1. The molecule has 0 spiro atoms. The molecule has 0 bridgehead atoms. The molecular formula is C12H19N5O3. The minimum absolute atomic E-state index is 0.000819. The molecule has 2 rings (SSSR count). The van der Waals surface area contributed by atoms with E-state index in [2.05, 4.69) is 15.6 Å². The first-order chi connectivity index (χ1) is 9.52. The lowest BCUT2D eigenvalue weighted by atomic mass is 10.1. The van der Waals surface area contributed by atoms with Crippen molar-refractivity contribution in [1.82, 2.24) is 14.9 Å². The van der Waals surface area contributed by atoms with Crippen LogP contribution in [0.25, 0.3) is 0 Å². The average Bonchev–Trinajstić information content (AvgIpc) is 2.41. The fourth-order valence-electron chi connectivity index (χ4n) is 2.23. The van der Waals surface area contributed by atoms with E-state index in [1.807, 2.05) is 6.92 Å². The predicted octanol–water partition coefficient (Wildman–Crippen LogP) is -0.781. The van der Waals surface area contributed by atoms with Crippen LogP contribution < -0.4 is 27.6 Å². The first-order valence-corrected chi connectivity index (χ1v) is 6.68. The standard InChI is InChI=1S/C12H19N5O3/c1-2-5-17-10(13)9(11(19)16-12(17)20)15-7-3-4-8(18)14-6-7/h7,15H,2-6,13H2,1H3,(H,14,18)(H,16,19,20). The van der Waals surface area contributed by atoms with Crippen molar-refractivity contribution in [3.05, 3.63) is 20.8 Å². The Balaban J connectivity index is 2.27. The molecule has 20 heavy (non-hydrogen) atoms. The molecule has 1 aliphatic rings. The molecule has 2 heterocycles. The largest absolute Gasteiger partial charge is 0.383 e. The van der Waals surface area contributed by atoms with Crippen LogP contribution in [0.3, 0.4) is 0 Å². The smallest absolute Gasteiger partial charge is 0.330 e. The Morgan fingerprint density at radius 1 is 1.40 bits per heavy atom. The van der Waals surface area contributed by atoms with Crippen LogP contribution in [-0.2, 0) is 11.3 Å². The van der Waals surface area contributed by atoms with Crippen LogP contribution in [0.15, 0.2) is 9.59 Å². The molecule has 1 aromatic rings. The van der Waals surface area contributed by atoms with Crippen molar-refractivity contribution in [2.75, 3.05) is 17.6 Å². The maximum absolute atomic E-state index is 11.9. The molecule has 8 heteroatoms. The summed E-state index contributed by atoms with van der Waals surface area (Å²) in [5.74, 6) is 0.137. The van der Waals surface area contributed by atoms with Crippen molar-refractivity contribution in [3.8, 4) is 0 Å². The number of aromatic amines is 1. The summed E-state index contributed by atoms with van der Waals surface area (Å²) >= 11 is 0. The van der Waals surface area contributed by atoms with E-state index in [0.717, 1.165) is 6.42 Å². The maximum Gasteiger partial charge on any atom is 0.330 e. The van der Waals surface area contributed by atoms with Crippen molar-refractivity contribution >= 4 is 17.4 Å². The van der Waals surface area contributed by atoms with Gasteiger partial charge in [-0.2, -0.15) is 0 Å². The van der Waals surface area contributed by atoms with E-state index in [0.29, 0.717) is 25.9 Å². The monoisotopic (exact) mass is 281 g/mol. The Kier molecular flexibility index (Phi) is 4.11. The molecule has 1 amide bonds. The molecular weight excluding hydrogens is 262 g/mol. The van der Waals surface area contributed by atoms with Crippen LogP contribution in [-0.4, -0.2) is 28.0 Å². The number of H-pyrrole nitrogens is 1. The van der Waals surface area contributed by atoms with Crippen LogP contribution in [0, 0.1) is 0 Å². The molecule has 1 atom stereocenters. The Labute approximate surface area is 115 Å². The Morgan fingerprint density at radius 3 is 2.75 bits per heavy atom. The number of anilines is 2. The molecule has 1 fully saturated rings. The molecule has 110 valence electrons. The van der Waals surface area contributed by atoms with Gasteiger partial charge in [0.1, 0.15) is 11.5 Å². The van der Waals surface area contributed by atoms with Gasteiger partial charge in [0.15, 0.2) is 0 Å². The first kappa shape index (κ1) is 14.2. The number of nitrogens with zero attached hydrogens (tertiary/aromatic N) is 1. The van der Waals surface area contributed by atoms with Gasteiger partial charge in [-0.15, -0.1) is 0 Å². The molecule has 1 saturated heterocycles. The molecule has 0 radical (unpaired) electrons. The van der Waals surface area contributed by atoms with Crippen LogP contribution in [0.2, 0.25) is 0 Å². The van der Waals surface area contributed by atoms with Gasteiger partial charge in [-0.05, 0) is 12.8 Å². The Bertz CT molecular complexity index is 608. The van der Waals surface area contributed by atoms with Gasteiger partial charge >= 0.3 is 5.69 Å². The second-order valence-corrected chi connectivity index (χ2v) is 4.86. The summed E-state index contributed by atoms with van der Waals surface area (Å²) in [6.07, 6.45) is 1.76. The van der Waals surface area contributed by atoms with Gasteiger partial charge in [0.2, 0.25) is 5.91 Å². The third-order valence-electron chi connectivity index (χ3n) is 3.30. The zero-order valence-electron chi connectivity index (χ0n) is 11.4. The van der Waals surface area contributed by atoms with E-state index in [1.54, 1.807) is 0 Å². The van der Waals surface area contributed by atoms with E-state index in [-0.39, 0.29) is 23.5 Å². The van der Waals surface area contributed by atoms with E-state index < -0.39 is 11.2 Å². The van der Waals surface area contributed by atoms with Crippen molar-refractivity contribution in [2.24, 2.45) is 0 Å². The second kappa shape index (κ2) is 5.81. The number of aromatic nitrogens is 2. The molecule has 0 aliphatic carbocycles. The van der Waals surface area contributed by atoms with Crippen LogP contribution in [0.5, 0.6) is 0 Å². The van der Waals surface area contributed by atoms with Gasteiger partial charge in [-0.1, -0.05) is 6.92 Å². The summed E-state index contributed by atoms with van der Waals surface area (Å²) < 4.78 is 1.34. The number of nitrogen functional groups attached to an aromatic ring is 1.